The molecular formula is C12H13BrN2. The lowest BCUT2D eigenvalue weighted by Crippen LogP contribution is -2.09. The van der Waals surface area contributed by atoms with Gasteiger partial charge in [-0.25, -0.2) is 4.98 Å². The van der Waals surface area contributed by atoms with Gasteiger partial charge in [0.2, 0.25) is 0 Å². The third-order valence-electron chi connectivity index (χ3n) is 3.44. The fourth-order valence-corrected chi connectivity index (χ4v) is 2.89. The van der Waals surface area contributed by atoms with Gasteiger partial charge in [0.25, 0.3) is 0 Å². The first kappa shape index (κ1) is 9.55. The highest BCUT2D eigenvalue weighted by atomic mass is 79.9. The van der Waals surface area contributed by atoms with Crippen LogP contribution in [0.3, 0.4) is 0 Å². The van der Waals surface area contributed by atoms with Crippen molar-refractivity contribution in [2.45, 2.75) is 6.42 Å². The average Bonchev–Trinajstić information content (AvgIpc) is 2.80. The number of allylic oxidation sites excluding steroid dienone is 1. The van der Waals surface area contributed by atoms with Crippen LogP contribution in [-0.2, 0) is 0 Å². The zero-order valence-corrected chi connectivity index (χ0v) is 10.00. The van der Waals surface area contributed by atoms with Gasteiger partial charge in [0.05, 0.1) is 0 Å². The Morgan fingerprint density at radius 1 is 1.33 bits per heavy atom. The predicted octanol–water partition coefficient (Wildman–Crippen LogP) is 2.47. The first-order valence-electron chi connectivity index (χ1n) is 5.37. The van der Waals surface area contributed by atoms with Gasteiger partial charge in [-0.15, -0.1) is 0 Å². The number of pyridine rings is 1. The first-order valence-corrected chi connectivity index (χ1v) is 6.16. The van der Waals surface area contributed by atoms with Crippen LogP contribution in [0.1, 0.15) is 12.0 Å². The van der Waals surface area contributed by atoms with Gasteiger partial charge in [0.1, 0.15) is 4.60 Å². The SMILES string of the molecule is Brc1ccc(C2=CC[C@H]3CNC[C@@H]23)cn1. The zero-order chi connectivity index (χ0) is 10.3. The van der Waals surface area contributed by atoms with Crippen molar-refractivity contribution in [3.63, 3.8) is 0 Å². The van der Waals surface area contributed by atoms with Crippen molar-refractivity contribution in [3.05, 3.63) is 34.6 Å². The maximum atomic E-state index is 4.29. The van der Waals surface area contributed by atoms with Crippen LogP contribution in [-0.4, -0.2) is 18.1 Å². The Morgan fingerprint density at radius 3 is 3.07 bits per heavy atom. The second-order valence-electron chi connectivity index (χ2n) is 4.29. The van der Waals surface area contributed by atoms with Crippen molar-refractivity contribution in [2.24, 2.45) is 11.8 Å². The first-order chi connectivity index (χ1) is 7.34. The van der Waals surface area contributed by atoms with Crippen LogP contribution in [0.25, 0.3) is 5.57 Å². The van der Waals surface area contributed by atoms with Crippen molar-refractivity contribution in [2.75, 3.05) is 13.1 Å². The van der Waals surface area contributed by atoms with Crippen molar-refractivity contribution in [1.82, 2.24) is 10.3 Å². The second kappa shape index (κ2) is 3.72. The van der Waals surface area contributed by atoms with E-state index in [0.29, 0.717) is 5.92 Å². The molecule has 2 atom stereocenters. The molecule has 0 radical (unpaired) electrons. The highest BCUT2D eigenvalue weighted by molar-refractivity contribution is 9.10. The number of hydrogen-bond acceptors (Lipinski definition) is 2. The zero-order valence-electron chi connectivity index (χ0n) is 8.41. The summed E-state index contributed by atoms with van der Waals surface area (Å²) in [4.78, 5) is 4.29. The van der Waals surface area contributed by atoms with Gasteiger partial charge in [-0.1, -0.05) is 12.1 Å². The van der Waals surface area contributed by atoms with Crippen LogP contribution in [0.15, 0.2) is 29.0 Å². The molecule has 1 fully saturated rings. The van der Waals surface area contributed by atoms with E-state index in [9.17, 15) is 0 Å². The fourth-order valence-electron chi connectivity index (χ4n) is 2.65. The molecule has 3 heteroatoms. The summed E-state index contributed by atoms with van der Waals surface area (Å²) >= 11 is 3.37. The lowest BCUT2D eigenvalue weighted by Gasteiger charge is -2.13. The van der Waals surface area contributed by atoms with Crippen LogP contribution in [0.5, 0.6) is 0 Å². The molecule has 1 N–H and O–H groups in total. The van der Waals surface area contributed by atoms with E-state index in [1.54, 1.807) is 0 Å². The summed E-state index contributed by atoms with van der Waals surface area (Å²) in [6, 6.07) is 4.18. The largest absolute Gasteiger partial charge is 0.316 e. The van der Waals surface area contributed by atoms with Gasteiger partial charge >= 0.3 is 0 Å². The number of nitrogens with one attached hydrogen (secondary N) is 1. The van der Waals surface area contributed by atoms with E-state index in [0.717, 1.165) is 17.1 Å². The predicted molar refractivity (Wildman–Crippen MR) is 64.4 cm³/mol. The minimum absolute atomic E-state index is 0.716. The number of aromatic nitrogens is 1. The maximum absolute atomic E-state index is 4.29. The molecule has 0 aromatic carbocycles. The van der Waals surface area contributed by atoms with Crippen molar-refractivity contribution in [1.29, 1.82) is 0 Å². The highest BCUT2D eigenvalue weighted by Crippen LogP contribution is 2.39. The Kier molecular flexibility index (Phi) is 2.37. The topological polar surface area (TPSA) is 24.9 Å². The Morgan fingerprint density at radius 2 is 2.27 bits per heavy atom. The fraction of sp³-hybridized carbons (Fsp3) is 0.417. The van der Waals surface area contributed by atoms with Crippen LogP contribution >= 0.6 is 15.9 Å². The molecule has 0 saturated carbocycles. The minimum atomic E-state index is 0.716. The number of halogens is 1. The summed E-state index contributed by atoms with van der Waals surface area (Å²) in [5, 5.41) is 3.46. The van der Waals surface area contributed by atoms with E-state index in [4.69, 9.17) is 0 Å². The molecule has 2 heterocycles. The van der Waals surface area contributed by atoms with Gasteiger partial charge < -0.3 is 5.32 Å². The molecule has 78 valence electrons. The van der Waals surface area contributed by atoms with Gasteiger partial charge in [-0.05, 0) is 52.0 Å². The van der Waals surface area contributed by atoms with E-state index >= 15 is 0 Å². The van der Waals surface area contributed by atoms with Gasteiger partial charge in [0.15, 0.2) is 0 Å². The van der Waals surface area contributed by atoms with Crippen molar-refractivity contribution in [3.8, 4) is 0 Å². The summed E-state index contributed by atoms with van der Waals surface area (Å²) in [7, 11) is 0. The summed E-state index contributed by atoms with van der Waals surface area (Å²) in [5.41, 5.74) is 2.78. The molecule has 1 aliphatic carbocycles. The molecular weight excluding hydrogens is 252 g/mol. The van der Waals surface area contributed by atoms with E-state index in [1.807, 2.05) is 12.3 Å². The third-order valence-corrected chi connectivity index (χ3v) is 3.91. The van der Waals surface area contributed by atoms with Crippen LogP contribution in [0.4, 0.5) is 0 Å². The molecule has 0 amide bonds. The Labute approximate surface area is 97.9 Å². The molecule has 3 rings (SSSR count). The standard InChI is InChI=1S/C12H13BrN2/c13-12-4-2-9(6-15-12)10-3-1-8-5-14-7-11(8)10/h2-4,6,8,11,14H,1,5,7H2/t8-,11+/m0/s1. The van der Waals surface area contributed by atoms with Gasteiger partial charge in [-0.3, -0.25) is 0 Å². The summed E-state index contributed by atoms with van der Waals surface area (Å²) in [6.45, 7) is 2.31. The average molecular weight is 265 g/mol. The van der Waals surface area contributed by atoms with E-state index in [2.05, 4.69) is 38.4 Å². The molecule has 15 heavy (non-hydrogen) atoms. The van der Waals surface area contributed by atoms with Crippen molar-refractivity contribution < 1.29 is 0 Å². The minimum Gasteiger partial charge on any atom is -0.316 e. The Bertz CT molecular complexity index is 397. The van der Waals surface area contributed by atoms with E-state index < -0.39 is 0 Å². The number of nitrogens with zero attached hydrogens (tertiary/aromatic N) is 1. The molecule has 2 nitrogen and oxygen atoms in total. The van der Waals surface area contributed by atoms with Gasteiger partial charge in [-0.2, -0.15) is 0 Å². The molecule has 1 aromatic rings. The summed E-state index contributed by atoms with van der Waals surface area (Å²) in [6.07, 6.45) is 5.58. The monoisotopic (exact) mass is 264 g/mol. The summed E-state index contributed by atoms with van der Waals surface area (Å²) < 4.78 is 0.908. The second-order valence-corrected chi connectivity index (χ2v) is 5.10. The van der Waals surface area contributed by atoms with E-state index in [-0.39, 0.29) is 0 Å². The molecule has 1 aromatic heterocycles. The molecule has 1 saturated heterocycles. The number of hydrogen-bond donors (Lipinski definition) is 1. The quantitative estimate of drug-likeness (QED) is 0.789. The smallest absolute Gasteiger partial charge is 0.106 e. The number of fused-ring (bicyclic) bond motifs is 1. The maximum Gasteiger partial charge on any atom is 0.106 e. The molecule has 1 aliphatic heterocycles. The van der Waals surface area contributed by atoms with Crippen LogP contribution in [0.2, 0.25) is 0 Å². The molecule has 0 unspecified atom stereocenters. The molecule has 0 bridgehead atoms. The molecule has 2 aliphatic rings. The Hall–Kier alpha value is -0.670. The lowest BCUT2D eigenvalue weighted by atomic mass is 9.91. The van der Waals surface area contributed by atoms with E-state index in [1.165, 1.54) is 24.1 Å². The lowest BCUT2D eigenvalue weighted by molar-refractivity contribution is 0.542. The number of rotatable bonds is 1. The van der Waals surface area contributed by atoms with Crippen LogP contribution in [0, 0.1) is 11.8 Å². The molecule has 0 spiro atoms. The van der Waals surface area contributed by atoms with Gasteiger partial charge in [0, 0.05) is 18.7 Å². The normalized spacial score (nSPS) is 29.0. The van der Waals surface area contributed by atoms with Crippen molar-refractivity contribution >= 4 is 21.5 Å². The highest BCUT2D eigenvalue weighted by Gasteiger charge is 2.33. The third kappa shape index (κ3) is 1.64. The Balaban J connectivity index is 1.91. The summed E-state index contributed by atoms with van der Waals surface area (Å²) in [5.74, 6) is 1.54. The van der Waals surface area contributed by atoms with Crippen LogP contribution < -0.4 is 5.32 Å².